The van der Waals surface area contributed by atoms with Crippen LogP contribution in [-0.4, -0.2) is 34.2 Å². The van der Waals surface area contributed by atoms with Crippen molar-refractivity contribution in [2.24, 2.45) is 0 Å². The number of non-ortho nitro benzene ring substituents is 1. The van der Waals surface area contributed by atoms with Crippen molar-refractivity contribution in [2.45, 2.75) is 31.0 Å². The molecular formula is C13H13F2N3O3. The minimum absolute atomic E-state index is 0.0791. The van der Waals surface area contributed by atoms with Crippen molar-refractivity contribution in [2.75, 3.05) is 6.54 Å². The van der Waals surface area contributed by atoms with Gasteiger partial charge in [0.25, 0.3) is 12.1 Å². The van der Waals surface area contributed by atoms with Crippen LogP contribution in [0.3, 0.4) is 0 Å². The van der Waals surface area contributed by atoms with Gasteiger partial charge in [-0.15, -0.1) is 0 Å². The van der Waals surface area contributed by atoms with Gasteiger partial charge in [0.15, 0.2) is 0 Å². The van der Waals surface area contributed by atoms with Crippen molar-refractivity contribution >= 4 is 11.6 Å². The van der Waals surface area contributed by atoms with E-state index in [0.29, 0.717) is 18.4 Å². The van der Waals surface area contributed by atoms with Crippen molar-refractivity contribution in [1.29, 1.82) is 0 Å². The van der Waals surface area contributed by atoms with Gasteiger partial charge < -0.3 is 4.90 Å². The Balaban J connectivity index is 1.88. The van der Waals surface area contributed by atoms with Crippen LogP contribution in [-0.2, 0) is 4.79 Å². The molecule has 1 atom stereocenters. The highest BCUT2D eigenvalue weighted by Crippen LogP contribution is 2.46. The summed E-state index contributed by atoms with van der Waals surface area (Å²) in [6.07, 6.45) is -2.01. The first-order valence-electron chi connectivity index (χ1n) is 6.54. The molecule has 1 heterocycles. The van der Waals surface area contributed by atoms with E-state index in [-0.39, 0.29) is 11.6 Å². The number of alkyl halides is 2. The van der Waals surface area contributed by atoms with Crippen molar-refractivity contribution in [1.82, 2.24) is 10.2 Å². The van der Waals surface area contributed by atoms with E-state index in [1.54, 1.807) is 0 Å². The largest absolute Gasteiger partial charge is 0.316 e. The molecule has 0 aromatic heterocycles. The first-order valence-corrected chi connectivity index (χ1v) is 6.54. The van der Waals surface area contributed by atoms with Gasteiger partial charge in [-0.25, -0.2) is 8.78 Å². The third-order valence-corrected chi connectivity index (χ3v) is 3.90. The second-order valence-electron chi connectivity index (χ2n) is 5.33. The molecule has 112 valence electrons. The second kappa shape index (κ2) is 4.73. The molecule has 1 amide bonds. The Morgan fingerprint density at radius 3 is 2.48 bits per heavy atom. The van der Waals surface area contributed by atoms with Gasteiger partial charge in [-0.1, -0.05) is 0 Å². The van der Waals surface area contributed by atoms with Gasteiger partial charge in [-0.05, 0) is 30.5 Å². The van der Waals surface area contributed by atoms with E-state index >= 15 is 0 Å². The van der Waals surface area contributed by atoms with Crippen LogP contribution in [0.1, 0.15) is 24.6 Å². The third-order valence-electron chi connectivity index (χ3n) is 3.90. The van der Waals surface area contributed by atoms with E-state index in [0.717, 1.165) is 4.90 Å². The summed E-state index contributed by atoms with van der Waals surface area (Å²) in [4.78, 5) is 23.4. The highest BCUT2D eigenvalue weighted by Gasteiger charge is 2.59. The summed E-state index contributed by atoms with van der Waals surface area (Å²) in [7, 11) is 0. The van der Waals surface area contributed by atoms with Crippen LogP contribution in [0.2, 0.25) is 0 Å². The zero-order chi connectivity index (χ0) is 15.2. The Labute approximate surface area is 118 Å². The number of nitro groups is 1. The molecule has 3 rings (SSSR count). The number of benzene rings is 1. The van der Waals surface area contributed by atoms with E-state index < -0.39 is 29.6 Å². The van der Waals surface area contributed by atoms with Gasteiger partial charge in [0.2, 0.25) is 5.91 Å². The molecule has 1 unspecified atom stereocenters. The Bertz CT molecular complexity index is 587. The number of halogens is 2. The number of hydrogen-bond donors (Lipinski definition) is 1. The number of carbonyl (C=O) groups is 1. The summed E-state index contributed by atoms with van der Waals surface area (Å²) in [5.74, 6) is -0.314. The molecule has 21 heavy (non-hydrogen) atoms. The zero-order valence-electron chi connectivity index (χ0n) is 11.0. The maximum absolute atomic E-state index is 12.7. The maximum atomic E-state index is 12.7. The van der Waals surface area contributed by atoms with E-state index in [1.165, 1.54) is 24.3 Å². The van der Waals surface area contributed by atoms with Crippen LogP contribution in [0, 0.1) is 10.1 Å². The van der Waals surface area contributed by atoms with Gasteiger partial charge >= 0.3 is 0 Å². The molecule has 1 spiro atoms. The molecule has 1 saturated heterocycles. The summed E-state index contributed by atoms with van der Waals surface area (Å²) in [6.45, 7) is -0.644. The third kappa shape index (κ3) is 2.35. The smallest absolute Gasteiger partial charge is 0.269 e. The number of amides is 1. The van der Waals surface area contributed by atoms with Crippen LogP contribution >= 0.6 is 0 Å². The number of hydrogen-bond acceptors (Lipinski definition) is 4. The highest BCUT2D eigenvalue weighted by molar-refractivity contribution is 5.92. The van der Waals surface area contributed by atoms with Crippen molar-refractivity contribution in [3.8, 4) is 0 Å². The summed E-state index contributed by atoms with van der Waals surface area (Å²) in [5.41, 5.74) is -0.218. The summed E-state index contributed by atoms with van der Waals surface area (Å²) >= 11 is 0. The predicted molar refractivity (Wildman–Crippen MR) is 68.7 cm³/mol. The second-order valence-corrected chi connectivity index (χ2v) is 5.33. The monoisotopic (exact) mass is 297 g/mol. The molecule has 2 aliphatic rings. The number of nitro benzene ring substituents is 1. The van der Waals surface area contributed by atoms with Crippen LogP contribution in [0.15, 0.2) is 24.3 Å². The lowest BCUT2D eigenvalue weighted by atomic mass is 10.1. The SMILES string of the molecule is O=C1N(CC(F)F)C(c2ccc([N+](=O)[O-])cc2)NC12CC2. The topological polar surface area (TPSA) is 75.5 Å². The molecule has 1 aromatic carbocycles. The van der Waals surface area contributed by atoms with Crippen LogP contribution in [0.25, 0.3) is 0 Å². The van der Waals surface area contributed by atoms with Crippen molar-refractivity contribution in [3.05, 3.63) is 39.9 Å². The standard InChI is InChI=1S/C13H13F2N3O3/c14-10(15)7-17-11(16-13(5-6-13)12(17)19)8-1-3-9(4-2-8)18(20)21/h1-4,10-11,16H,5-7H2. The highest BCUT2D eigenvalue weighted by atomic mass is 19.3. The van der Waals surface area contributed by atoms with E-state index in [4.69, 9.17) is 0 Å². The Morgan fingerprint density at radius 1 is 1.38 bits per heavy atom. The summed E-state index contributed by atoms with van der Waals surface area (Å²) in [5, 5.41) is 13.7. The molecular weight excluding hydrogens is 284 g/mol. The average Bonchev–Trinajstić information content (AvgIpc) is 3.17. The lowest BCUT2D eigenvalue weighted by Gasteiger charge is -2.24. The first kappa shape index (κ1) is 13.9. The molecule has 1 aliphatic carbocycles. The number of nitrogens with zero attached hydrogens (tertiary/aromatic N) is 2. The Morgan fingerprint density at radius 2 is 2.00 bits per heavy atom. The van der Waals surface area contributed by atoms with Crippen LogP contribution in [0.5, 0.6) is 0 Å². The summed E-state index contributed by atoms with van der Waals surface area (Å²) in [6, 6.07) is 5.59. The number of carbonyl (C=O) groups excluding carboxylic acids is 1. The van der Waals surface area contributed by atoms with Crippen molar-refractivity contribution < 1.29 is 18.5 Å². The number of nitrogens with one attached hydrogen (secondary N) is 1. The molecule has 8 heteroatoms. The van der Waals surface area contributed by atoms with Gasteiger partial charge in [0.1, 0.15) is 11.7 Å². The normalized spacial score (nSPS) is 23.1. The fourth-order valence-electron chi connectivity index (χ4n) is 2.66. The van der Waals surface area contributed by atoms with E-state index in [1.807, 2.05) is 0 Å². The summed E-state index contributed by atoms with van der Waals surface area (Å²) < 4.78 is 25.4. The molecule has 6 nitrogen and oxygen atoms in total. The maximum Gasteiger partial charge on any atom is 0.269 e. The molecule has 1 aliphatic heterocycles. The molecule has 0 radical (unpaired) electrons. The Hall–Kier alpha value is -2.09. The lowest BCUT2D eigenvalue weighted by Crippen LogP contribution is -2.35. The fourth-order valence-corrected chi connectivity index (χ4v) is 2.66. The molecule has 1 N–H and O–H groups in total. The van der Waals surface area contributed by atoms with Crippen LogP contribution < -0.4 is 5.32 Å². The zero-order valence-corrected chi connectivity index (χ0v) is 11.0. The first-order chi connectivity index (χ1) is 9.93. The van der Waals surface area contributed by atoms with Gasteiger partial charge in [-0.2, -0.15) is 0 Å². The molecule has 2 fully saturated rings. The minimum Gasteiger partial charge on any atom is -0.316 e. The number of rotatable bonds is 4. The van der Waals surface area contributed by atoms with Gasteiger partial charge in [-0.3, -0.25) is 20.2 Å². The minimum atomic E-state index is -2.62. The van der Waals surface area contributed by atoms with E-state index in [9.17, 15) is 23.7 Å². The van der Waals surface area contributed by atoms with E-state index in [2.05, 4.69) is 5.32 Å². The molecule has 0 bridgehead atoms. The van der Waals surface area contributed by atoms with Crippen LogP contribution in [0.4, 0.5) is 14.5 Å². The quantitative estimate of drug-likeness (QED) is 0.679. The molecule has 1 saturated carbocycles. The predicted octanol–water partition coefficient (Wildman–Crippen LogP) is 1.82. The fraction of sp³-hybridized carbons (Fsp3) is 0.462. The van der Waals surface area contributed by atoms with Gasteiger partial charge in [0, 0.05) is 12.1 Å². The van der Waals surface area contributed by atoms with Crippen molar-refractivity contribution in [3.63, 3.8) is 0 Å². The molecule has 1 aromatic rings. The Kier molecular flexibility index (Phi) is 3.12. The lowest BCUT2D eigenvalue weighted by molar-refractivity contribution is -0.384. The average molecular weight is 297 g/mol. The van der Waals surface area contributed by atoms with Gasteiger partial charge in [0.05, 0.1) is 11.5 Å².